The summed E-state index contributed by atoms with van der Waals surface area (Å²) >= 11 is 0. The van der Waals surface area contributed by atoms with Gasteiger partial charge < -0.3 is 19.9 Å². The second-order valence-corrected chi connectivity index (χ2v) is 6.40. The summed E-state index contributed by atoms with van der Waals surface area (Å²) in [5.41, 5.74) is 3.08. The third kappa shape index (κ3) is 5.04. The number of aromatic nitrogens is 1. The fourth-order valence-electron chi connectivity index (χ4n) is 3.00. The average molecular weight is 368 g/mol. The molecule has 1 fully saturated rings. The Morgan fingerprint density at radius 1 is 1.22 bits per heavy atom. The highest BCUT2D eigenvalue weighted by atomic mass is 16.5. The van der Waals surface area contributed by atoms with Gasteiger partial charge in [0.15, 0.2) is 0 Å². The zero-order valence-corrected chi connectivity index (χ0v) is 15.4. The molecule has 0 radical (unpaired) electrons. The third-order valence-corrected chi connectivity index (χ3v) is 4.54. The second-order valence-electron chi connectivity index (χ2n) is 6.40. The Labute approximate surface area is 158 Å². The van der Waals surface area contributed by atoms with Crippen LogP contribution in [-0.2, 0) is 16.1 Å². The molecular formula is C20H24N4O3. The number of piperazine rings is 1. The van der Waals surface area contributed by atoms with E-state index in [1.54, 1.807) is 23.1 Å². The van der Waals surface area contributed by atoms with Gasteiger partial charge in [-0.25, -0.2) is 4.79 Å². The van der Waals surface area contributed by atoms with Crippen LogP contribution in [0.25, 0.3) is 11.1 Å². The van der Waals surface area contributed by atoms with E-state index >= 15 is 0 Å². The van der Waals surface area contributed by atoms with Gasteiger partial charge in [-0.1, -0.05) is 24.3 Å². The number of nitrogens with zero attached hydrogens (tertiary/aromatic N) is 3. The molecule has 7 nitrogen and oxygen atoms in total. The summed E-state index contributed by atoms with van der Waals surface area (Å²) in [5.74, 6) is -0.0491. The molecule has 3 rings (SSSR count). The zero-order chi connectivity index (χ0) is 19.1. The van der Waals surface area contributed by atoms with Crippen LogP contribution in [0.3, 0.4) is 0 Å². The number of benzene rings is 1. The highest BCUT2D eigenvalue weighted by Gasteiger charge is 2.26. The molecule has 1 aromatic heterocycles. The van der Waals surface area contributed by atoms with E-state index in [4.69, 9.17) is 4.74 Å². The number of nitrogens with one attached hydrogen (secondary N) is 1. The van der Waals surface area contributed by atoms with Crippen LogP contribution < -0.4 is 5.32 Å². The maximum atomic E-state index is 12.4. The van der Waals surface area contributed by atoms with Gasteiger partial charge in [-0.15, -0.1) is 0 Å². The first-order chi connectivity index (χ1) is 13.2. The minimum atomic E-state index is -0.221. The van der Waals surface area contributed by atoms with Crippen molar-refractivity contribution in [3.63, 3.8) is 0 Å². The Kier molecular flexibility index (Phi) is 6.38. The number of pyridine rings is 1. The van der Waals surface area contributed by atoms with Crippen molar-refractivity contribution < 1.29 is 14.3 Å². The first-order valence-electron chi connectivity index (χ1n) is 8.96. The molecule has 0 atom stereocenters. The van der Waals surface area contributed by atoms with Crippen LogP contribution in [0.4, 0.5) is 4.79 Å². The number of urea groups is 1. The van der Waals surface area contributed by atoms with Gasteiger partial charge in [-0.2, -0.15) is 0 Å². The predicted molar refractivity (Wildman–Crippen MR) is 102 cm³/mol. The van der Waals surface area contributed by atoms with Crippen molar-refractivity contribution in [2.75, 3.05) is 39.9 Å². The molecule has 1 aliphatic heterocycles. The first-order valence-corrected chi connectivity index (χ1v) is 8.96. The summed E-state index contributed by atoms with van der Waals surface area (Å²) in [7, 11) is 1.61. The van der Waals surface area contributed by atoms with Crippen LogP contribution in [-0.4, -0.2) is 66.6 Å². The molecule has 2 heterocycles. The summed E-state index contributed by atoms with van der Waals surface area (Å²) in [6.07, 6.45) is 3.55. The zero-order valence-electron chi connectivity index (χ0n) is 15.4. The molecular weight excluding hydrogens is 344 g/mol. The maximum Gasteiger partial charge on any atom is 0.318 e. The van der Waals surface area contributed by atoms with Crippen LogP contribution in [0.2, 0.25) is 0 Å². The molecule has 0 saturated carbocycles. The first kappa shape index (κ1) is 18.8. The Hall–Kier alpha value is -2.93. The Bertz CT molecular complexity index is 782. The van der Waals surface area contributed by atoms with Crippen LogP contribution in [0, 0.1) is 0 Å². The van der Waals surface area contributed by atoms with Crippen molar-refractivity contribution in [2.24, 2.45) is 0 Å². The van der Waals surface area contributed by atoms with Gasteiger partial charge in [-0.3, -0.25) is 9.78 Å². The number of ether oxygens (including phenoxy) is 1. The summed E-state index contributed by atoms with van der Waals surface area (Å²) < 4.78 is 5.01. The minimum Gasteiger partial charge on any atom is -0.383 e. The molecule has 0 spiro atoms. The monoisotopic (exact) mass is 368 g/mol. The molecule has 0 unspecified atom stereocenters. The van der Waals surface area contributed by atoms with Gasteiger partial charge in [0.1, 0.15) is 6.54 Å². The Morgan fingerprint density at radius 2 is 2.07 bits per heavy atom. The van der Waals surface area contributed by atoms with E-state index in [1.807, 2.05) is 42.6 Å². The van der Waals surface area contributed by atoms with E-state index in [1.165, 1.54) is 0 Å². The predicted octanol–water partition coefficient (Wildman–Crippen LogP) is 1.75. The standard InChI is InChI=1S/C20H24N4O3/c1-27-11-10-23-8-9-24(15-19(23)25)20(26)22-13-16-4-2-5-17(12-16)18-6-3-7-21-14-18/h2-7,12,14H,8-11,13,15H2,1H3,(H,22,26). The topological polar surface area (TPSA) is 74.8 Å². The summed E-state index contributed by atoms with van der Waals surface area (Å²) in [6.45, 7) is 2.64. The molecule has 142 valence electrons. The lowest BCUT2D eigenvalue weighted by molar-refractivity contribution is -0.135. The fraction of sp³-hybridized carbons (Fsp3) is 0.350. The van der Waals surface area contributed by atoms with Crippen LogP contribution in [0.5, 0.6) is 0 Å². The summed E-state index contributed by atoms with van der Waals surface area (Å²) in [5, 5.41) is 2.90. The molecule has 0 bridgehead atoms. The lowest BCUT2D eigenvalue weighted by Gasteiger charge is -2.34. The third-order valence-electron chi connectivity index (χ3n) is 4.54. The van der Waals surface area contributed by atoms with E-state index in [0.717, 1.165) is 16.7 Å². The molecule has 1 aromatic carbocycles. The number of carbonyl (C=O) groups is 2. The van der Waals surface area contributed by atoms with Crippen molar-refractivity contribution in [2.45, 2.75) is 6.54 Å². The van der Waals surface area contributed by atoms with Gasteiger partial charge in [0, 0.05) is 45.7 Å². The molecule has 0 aliphatic carbocycles. The molecule has 1 aliphatic rings. The van der Waals surface area contributed by atoms with Gasteiger partial charge in [0.25, 0.3) is 0 Å². The van der Waals surface area contributed by atoms with Crippen LogP contribution >= 0.6 is 0 Å². The highest BCUT2D eigenvalue weighted by molar-refractivity contribution is 5.85. The number of hydrogen-bond acceptors (Lipinski definition) is 4. The lowest BCUT2D eigenvalue weighted by atomic mass is 10.0. The summed E-state index contributed by atoms with van der Waals surface area (Å²) in [6, 6.07) is 11.6. The molecule has 7 heteroatoms. The van der Waals surface area contributed by atoms with E-state index in [2.05, 4.69) is 10.3 Å². The fourth-order valence-corrected chi connectivity index (χ4v) is 3.00. The van der Waals surface area contributed by atoms with Crippen molar-refractivity contribution in [3.05, 3.63) is 54.4 Å². The molecule has 1 saturated heterocycles. The number of hydrogen-bond donors (Lipinski definition) is 1. The second kappa shape index (κ2) is 9.14. The quantitative estimate of drug-likeness (QED) is 0.843. The minimum absolute atomic E-state index is 0.0491. The van der Waals surface area contributed by atoms with E-state index < -0.39 is 0 Å². The van der Waals surface area contributed by atoms with Gasteiger partial charge in [0.05, 0.1) is 6.61 Å². The van der Waals surface area contributed by atoms with E-state index in [-0.39, 0.29) is 18.5 Å². The van der Waals surface area contributed by atoms with Crippen molar-refractivity contribution >= 4 is 11.9 Å². The van der Waals surface area contributed by atoms with Gasteiger partial charge in [-0.05, 0) is 28.8 Å². The molecule has 3 amide bonds. The Balaban J connectivity index is 1.53. The van der Waals surface area contributed by atoms with Gasteiger partial charge in [0.2, 0.25) is 5.91 Å². The van der Waals surface area contributed by atoms with E-state index in [9.17, 15) is 9.59 Å². The van der Waals surface area contributed by atoms with Crippen LogP contribution in [0.1, 0.15) is 5.56 Å². The van der Waals surface area contributed by atoms with Crippen molar-refractivity contribution in [3.8, 4) is 11.1 Å². The summed E-state index contributed by atoms with van der Waals surface area (Å²) in [4.78, 5) is 32.0. The van der Waals surface area contributed by atoms with E-state index in [0.29, 0.717) is 32.8 Å². The van der Waals surface area contributed by atoms with Crippen LogP contribution in [0.15, 0.2) is 48.8 Å². The lowest BCUT2D eigenvalue weighted by Crippen LogP contribution is -2.55. The smallest absolute Gasteiger partial charge is 0.318 e. The van der Waals surface area contributed by atoms with Gasteiger partial charge >= 0.3 is 6.03 Å². The number of amides is 3. The number of methoxy groups -OCH3 is 1. The molecule has 2 aromatic rings. The largest absolute Gasteiger partial charge is 0.383 e. The SMILES string of the molecule is COCCN1CCN(C(=O)NCc2cccc(-c3cccnc3)c2)CC1=O. The Morgan fingerprint density at radius 3 is 2.81 bits per heavy atom. The van der Waals surface area contributed by atoms with Crippen molar-refractivity contribution in [1.82, 2.24) is 20.1 Å². The number of carbonyl (C=O) groups excluding carboxylic acids is 2. The maximum absolute atomic E-state index is 12.4. The highest BCUT2D eigenvalue weighted by Crippen LogP contribution is 2.19. The molecule has 1 N–H and O–H groups in total. The van der Waals surface area contributed by atoms with Crippen molar-refractivity contribution in [1.29, 1.82) is 0 Å². The average Bonchev–Trinajstić information content (AvgIpc) is 2.72. The normalized spacial score (nSPS) is 14.3. The molecule has 27 heavy (non-hydrogen) atoms. The number of rotatable bonds is 6.